The van der Waals surface area contributed by atoms with Gasteiger partial charge in [0.1, 0.15) is 0 Å². The van der Waals surface area contributed by atoms with Crippen LogP contribution in [0.2, 0.25) is 0 Å². The van der Waals surface area contributed by atoms with Crippen LogP contribution in [0.4, 0.5) is 0 Å². The summed E-state index contributed by atoms with van der Waals surface area (Å²) in [6, 6.07) is 0. The Bertz CT molecular complexity index is 140. The van der Waals surface area contributed by atoms with Crippen molar-refractivity contribution in [3.8, 4) is 0 Å². The monoisotopic (exact) mass is 199 g/mol. The topological polar surface area (TPSA) is 12.0 Å². The van der Waals surface area contributed by atoms with E-state index in [4.69, 9.17) is 0 Å². The van der Waals surface area contributed by atoms with E-state index in [1.807, 2.05) is 11.8 Å². The summed E-state index contributed by atoms with van der Waals surface area (Å²) in [7, 11) is 0. The fraction of sp³-hybridized carbons (Fsp3) is 1.00. The zero-order valence-corrected chi connectivity index (χ0v) is 9.41. The van der Waals surface area contributed by atoms with Crippen LogP contribution in [0.3, 0.4) is 0 Å². The average molecular weight is 199 g/mol. The minimum Gasteiger partial charge on any atom is -0.316 e. The summed E-state index contributed by atoms with van der Waals surface area (Å²) in [5.74, 6) is 4.52. The summed E-state index contributed by atoms with van der Waals surface area (Å²) in [6.45, 7) is 2.51. The van der Waals surface area contributed by atoms with E-state index in [1.54, 1.807) is 0 Å². The minimum atomic E-state index is 1.04. The van der Waals surface area contributed by atoms with Crippen molar-refractivity contribution in [2.24, 2.45) is 17.8 Å². The van der Waals surface area contributed by atoms with Crippen LogP contribution >= 0.6 is 11.8 Å². The number of rotatable bonds is 7. The van der Waals surface area contributed by atoms with Gasteiger partial charge < -0.3 is 5.32 Å². The van der Waals surface area contributed by atoms with Crippen molar-refractivity contribution in [1.29, 1.82) is 0 Å². The lowest BCUT2D eigenvalue weighted by Crippen LogP contribution is -2.27. The van der Waals surface area contributed by atoms with Crippen LogP contribution in [0.1, 0.15) is 25.7 Å². The number of thioether (sulfide) groups is 1. The van der Waals surface area contributed by atoms with Gasteiger partial charge in [-0.15, -0.1) is 0 Å². The first-order chi connectivity index (χ1) is 6.42. The number of nitrogens with one attached hydrogen (secondary N) is 1. The Morgan fingerprint density at radius 1 is 1.23 bits per heavy atom. The molecule has 0 aromatic carbocycles. The predicted molar refractivity (Wildman–Crippen MR) is 60.2 cm³/mol. The Morgan fingerprint density at radius 3 is 2.31 bits per heavy atom. The quantitative estimate of drug-likeness (QED) is 0.632. The molecule has 1 nitrogen and oxygen atoms in total. The van der Waals surface area contributed by atoms with Gasteiger partial charge in [0, 0.05) is 12.3 Å². The normalized spacial score (nSPS) is 22.6. The fourth-order valence-corrected chi connectivity index (χ4v) is 2.56. The van der Waals surface area contributed by atoms with Crippen molar-refractivity contribution in [3.63, 3.8) is 0 Å². The van der Waals surface area contributed by atoms with E-state index in [0.29, 0.717) is 0 Å². The maximum atomic E-state index is 3.61. The van der Waals surface area contributed by atoms with E-state index in [9.17, 15) is 0 Å². The van der Waals surface area contributed by atoms with Crippen molar-refractivity contribution in [1.82, 2.24) is 5.32 Å². The molecule has 0 heterocycles. The van der Waals surface area contributed by atoms with E-state index in [2.05, 4.69) is 11.6 Å². The molecule has 0 aliphatic heterocycles. The van der Waals surface area contributed by atoms with Crippen LogP contribution in [0.15, 0.2) is 0 Å². The highest BCUT2D eigenvalue weighted by Gasteiger charge is 2.40. The van der Waals surface area contributed by atoms with E-state index in [0.717, 1.165) is 17.8 Å². The largest absolute Gasteiger partial charge is 0.316 e. The van der Waals surface area contributed by atoms with Gasteiger partial charge in [0.05, 0.1) is 0 Å². The highest BCUT2D eigenvalue weighted by atomic mass is 32.2. The van der Waals surface area contributed by atoms with Crippen molar-refractivity contribution in [3.05, 3.63) is 0 Å². The van der Waals surface area contributed by atoms with Gasteiger partial charge in [0.15, 0.2) is 0 Å². The molecule has 0 aromatic heterocycles. The molecule has 0 amide bonds. The van der Waals surface area contributed by atoms with Gasteiger partial charge in [0.2, 0.25) is 0 Å². The second-order valence-electron chi connectivity index (χ2n) is 4.54. The first kappa shape index (κ1) is 9.85. The Balaban J connectivity index is 1.59. The first-order valence-electron chi connectivity index (χ1n) is 5.61. The number of hydrogen-bond acceptors (Lipinski definition) is 2. The molecule has 0 saturated heterocycles. The van der Waals surface area contributed by atoms with Gasteiger partial charge in [-0.3, -0.25) is 0 Å². The van der Waals surface area contributed by atoms with Crippen LogP contribution in [0.25, 0.3) is 0 Å². The molecule has 13 heavy (non-hydrogen) atoms. The zero-order valence-electron chi connectivity index (χ0n) is 8.59. The fourth-order valence-electron chi connectivity index (χ4n) is 2.21. The van der Waals surface area contributed by atoms with Gasteiger partial charge in [-0.2, -0.15) is 11.8 Å². The van der Waals surface area contributed by atoms with Gasteiger partial charge in [0.25, 0.3) is 0 Å². The van der Waals surface area contributed by atoms with E-state index in [-0.39, 0.29) is 0 Å². The maximum absolute atomic E-state index is 3.61. The summed E-state index contributed by atoms with van der Waals surface area (Å²) in [5, 5.41) is 3.61. The molecule has 0 radical (unpaired) electrons. The van der Waals surface area contributed by atoms with Crippen molar-refractivity contribution >= 4 is 11.8 Å². The van der Waals surface area contributed by atoms with Gasteiger partial charge >= 0.3 is 0 Å². The molecule has 1 N–H and O–H groups in total. The number of hydrogen-bond donors (Lipinski definition) is 1. The van der Waals surface area contributed by atoms with Crippen LogP contribution in [-0.2, 0) is 0 Å². The lowest BCUT2D eigenvalue weighted by atomic mass is 9.98. The molecule has 0 spiro atoms. The van der Waals surface area contributed by atoms with Crippen molar-refractivity contribution in [2.45, 2.75) is 25.7 Å². The molecular weight excluding hydrogens is 178 g/mol. The highest BCUT2D eigenvalue weighted by molar-refractivity contribution is 7.98. The van der Waals surface area contributed by atoms with Gasteiger partial charge in [-0.05, 0) is 56.2 Å². The van der Waals surface area contributed by atoms with Crippen LogP contribution in [0.5, 0.6) is 0 Å². The Kier molecular flexibility index (Phi) is 3.56. The first-order valence-corrected chi connectivity index (χ1v) is 7.01. The van der Waals surface area contributed by atoms with Crippen LogP contribution in [-0.4, -0.2) is 25.1 Å². The lowest BCUT2D eigenvalue weighted by Gasteiger charge is -2.15. The Morgan fingerprint density at radius 2 is 1.85 bits per heavy atom. The van der Waals surface area contributed by atoms with E-state index < -0.39 is 0 Å². The lowest BCUT2D eigenvalue weighted by molar-refractivity contribution is 0.384. The molecule has 0 bridgehead atoms. The molecular formula is C11H21NS. The molecule has 2 heteroatoms. The van der Waals surface area contributed by atoms with E-state index in [1.165, 1.54) is 44.5 Å². The summed E-state index contributed by atoms with van der Waals surface area (Å²) in [5.41, 5.74) is 0. The second-order valence-corrected chi connectivity index (χ2v) is 5.52. The summed E-state index contributed by atoms with van der Waals surface area (Å²) >= 11 is 1.94. The van der Waals surface area contributed by atoms with Crippen LogP contribution < -0.4 is 5.32 Å². The standard InChI is InChI=1S/C11H21NS/c1-13-7-6-12-8-11(9-2-3-9)10-4-5-10/h9-12H,2-8H2,1H3. The summed E-state index contributed by atoms with van der Waals surface area (Å²) in [4.78, 5) is 0. The SMILES string of the molecule is CSCCNCC(C1CC1)C1CC1. The molecule has 2 aliphatic rings. The molecule has 2 saturated carbocycles. The van der Waals surface area contributed by atoms with Crippen molar-refractivity contribution in [2.75, 3.05) is 25.1 Å². The second kappa shape index (κ2) is 4.70. The van der Waals surface area contributed by atoms with Gasteiger partial charge in [-0.25, -0.2) is 0 Å². The van der Waals surface area contributed by atoms with E-state index >= 15 is 0 Å². The molecule has 76 valence electrons. The molecule has 0 atom stereocenters. The third-order valence-electron chi connectivity index (χ3n) is 3.32. The minimum absolute atomic E-state index is 1.04. The van der Waals surface area contributed by atoms with Crippen LogP contribution in [0, 0.1) is 17.8 Å². The summed E-state index contributed by atoms with van der Waals surface area (Å²) in [6.07, 6.45) is 8.26. The van der Waals surface area contributed by atoms with Crippen molar-refractivity contribution < 1.29 is 0 Å². The Hall–Kier alpha value is 0.310. The maximum Gasteiger partial charge on any atom is 0.00553 e. The third kappa shape index (κ3) is 3.17. The zero-order chi connectivity index (χ0) is 9.10. The smallest absolute Gasteiger partial charge is 0.00553 e. The molecule has 0 unspecified atom stereocenters. The average Bonchev–Trinajstić information content (AvgIpc) is 2.99. The molecule has 2 rings (SSSR count). The predicted octanol–water partition coefficient (Wildman–Crippen LogP) is 2.38. The summed E-state index contributed by atoms with van der Waals surface area (Å²) < 4.78 is 0. The Labute approximate surface area is 86.0 Å². The van der Waals surface area contributed by atoms with Gasteiger partial charge in [-0.1, -0.05) is 0 Å². The highest BCUT2D eigenvalue weighted by Crippen LogP contribution is 2.48. The molecule has 0 aromatic rings. The molecule has 2 aliphatic carbocycles. The third-order valence-corrected chi connectivity index (χ3v) is 3.93. The molecule has 2 fully saturated rings.